The molecule has 0 radical (unpaired) electrons. The number of hydrogen-bond donors (Lipinski definition) is 2. The van der Waals surface area contributed by atoms with E-state index < -0.39 is 18.1 Å². The van der Waals surface area contributed by atoms with Gasteiger partial charge in [0.1, 0.15) is 24.1 Å². The van der Waals surface area contributed by atoms with Crippen LogP contribution in [0, 0.1) is 0 Å². The summed E-state index contributed by atoms with van der Waals surface area (Å²) in [6.45, 7) is -0.0588. The number of aliphatic carboxylic acids is 1. The molecule has 0 saturated carbocycles. The van der Waals surface area contributed by atoms with Gasteiger partial charge >= 0.3 is 12.1 Å². The smallest absolute Gasteiger partial charge is 0.408 e. The average molecular weight is 398 g/mol. The normalized spacial score (nSPS) is 17.7. The lowest BCUT2D eigenvalue weighted by Gasteiger charge is -2.16. The first-order valence-corrected chi connectivity index (χ1v) is 8.99. The van der Waals surface area contributed by atoms with E-state index >= 15 is 0 Å². The molecule has 1 unspecified atom stereocenters. The Kier molecular flexibility index (Phi) is 6.33. The lowest BCUT2D eigenvalue weighted by atomic mass is 9.96. The molecule has 8 nitrogen and oxygen atoms in total. The number of carbonyl (C=O) groups is 2. The largest absolute Gasteiger partial charge is 0.497 e. The molecule has 1 aromatic carbocycles. The first-order valence-electron chi connectivity index (χ1n) is 8.99. The van der Waals surface area contributed by atoms with Crippen LogP contribution in [0.3, 0.4) is 0 Å². The quantitative estimate of drug-likeness (QED) is 0.697. The van der Waals surface area contributed by atoms with Crippen LogP contribution in [0.2, 0.25) is 0 Å². The van der Waals surface area contributed by atoms with Gasteiger partial charge in [-0.05, 0) is 28.8 Å². The van der Waals surface area contributed by atoms with E-state index in [1.165, 1.54) is 14.2 Å². The summed E-state index contributed by atoms with van der Waals surface area (Å²) in [7, 11) is 3.04. The molecule has 0 aromatic heterocycles. The molecule has 0 saturated heterocycles. The second kappa shape index (κ2) is 9.09. The van der Waals surface area contributed by atoms with Crippen LogP contribution in [0.1, 0.15) is 12.0 Å². The predicted octanol–water partition coefficient (Wildman–Crippen LogP) is 2.65. The van der Waals surface area contributed by atoms with Gasteiger partial charge in [-0.1, -0.05) is 24.3 Å². The SMILES string of the molecule is COc1cc(COC(=O)N[C@@H](CC2=C3C=CC=CC3N=C2)C(=O)O)cc(OC)c1. The van der Waals surface area contributed by atoms with Crippen LogP contribution in [0.15, 0.2) is 58.6 Å². The molecule has 0 spiro atoms. The third-order valence-corrected chi connectivity index (χ3v) is 4.56. The van der Waals surface area contributed by atoms with Crippen molar-refractivity contribution in [2.75, 3.05) is 14.2 Å². The van der Waals surface area contributed by atoms with Crippen molar-refractivity contribution in [2.24, 2.45) is 4.99 Å². The number of ether oxygens (including phenoxy) is 3. The van der Waals surface area contributed by atoms with Crippen molar-refractivity contribution in [3.8, 4) is 11.5 Å². The van der Waals surface area contributed by atoms with Crippen LogP contribution in [0.5, 0.6) is 11.5 Å². The number of carbonyl (C=O) groups excluding carboxylic acids is 1. The standard InChI is InChI=1S/C21H22N2O6/c1-27-15-7-13(8-16(10-15)28-2)12-29-21(26)23-19(20(24)25)9-14-11-22-18-6-4-3-5-17(14)18/h3-8,10-11,18-19H,9,12H2,1-2H3,(H,23,26)(H,24,25)/t18?,19-/m0/s1. The van der Waals surface area contributed by atoms with Gasteiger partial charge in [-0.3, -0.25) is 4.99 Å². The zero-order valence-electron chi connectivity index (χ0n) is 16.1. The molecular formula is C21H22N2O6. The maximum absolute atomic E-state index is 12.2. The van der Waals surface area contributed by atoms with Crippen LogP contribution in [0.4, 0.5) is 4.79 Å². The van der Waals surface area contributed by atoms with Crippen LogP contribution >= 0.6 is 0 Å². The highest BCUT2D eigenvalue weighted by molar-refractivity contribution is 5.88. The minimum absolute atomic E-state index is 0.0588. The number of amides is 1. The zero-order chi connectivity index (χ0) is 20.8. The average Bonchev–Trinajstić information content (AvgIpc) is 3.14. The Bertz CT molecular complexity index is 893. The second-order valence-corrected chi connectivity index (χ2v) is 6.48. The molecule has 29 heavy (non-hydrogen) atoms. The molecule has 1 amide bonds. The molecule has 1 aliphatic heterocycles. The summed E-state index contributed by atoms with van der Waals surface area (Å²) >= 11 is 0. The number of rotatable bonds is 8. The number of benzene rings is 1. The van der Waals surface area contributed by atoms with E-state index in [-0.39, 0.29) is 19.1 Å². The Balaban J connectivity index is 1.61. The summed E-state index contributed by atoms with van der Waals surface area (Å²) in [5.74, 6) is -0.0278. The van der Waals surface area contributed by atoms with Crippen molar-refractivity contribution in [3.05, 3.63) is 59.2 Å². The fourth-order valence-electron chi connectivity index (χ4n) is 3.08. The molecule has 152 valence electrons. The minimum Gasteiger partial charge on any atom is -0.497 e. The van der Waals surface area contributed by atoms with Crippen molar-refractivity contribution in [2.45, 2.75) is 25.1 Å². The highest BCUT2D eigenvalue weighted by atomic mass is 16.5. The van der Waals surface area contributed by atoms with Gasteiger partial charge in [0.2, 0.25) is 0 Å². The first-order chi connectivity index (χ1) is 14.0. The highest BCUT2D eigenvalue weighted by Gasteiger charge is 2.26. The van der Waals surface area contributed by atoms with Crippen molar-refractivity contribution in [1.29, 1.82) is 0 Å². The van der Waals surface area contributed by atoms with E-state index in [9.17, 15) is 14.7 Å². The fraction of sp³-hybridized carbons (Fsp3) is 0.286. The molecule has 2 N–H and O–H groups in total. The number of carboxylic acids is 1. The van der Waals surface area contributed by atoms with Gasteiger partial charge in [0.25, 0.3) is 0 Å². The molecule has 2 atom stereocenters. The first kappa shape index (κ1) is 20.2. The molecule has 1 aliphatic carbocycles. The maximum Gasteiger partial charge on any atom is 0.408 e. The molecule has 8 heteroatoms. The third kappa shape index (κ3) is 5.04. The van der Waals surface area contributed by atoms with Crippen molar-refractivity contribution in [1.82, 2.24) is 5.32 Å². The minimum atomic E-state index is -1.15. The Morgan fingerprint density at radius 1 is 1.17 bits per heavy atom. The number of nitrogens with zero attached hydrogens (tertiary/aromatic N) is 1. The van der Waals surface area contributed by atoms with Crippen LogP contribution in [-0.2, 0) is 16.1 Å². The molecule has 1 aromatic rings. The van der Waals surface area contributed by atoms with E-state index in [1.807, 2.05) is 24.3 Å². The summed E-state index contributed by atoms with van der Waals surface area (Å²) in [5, 5.41) is 11.9. The number of hydrogen-bond acceptors (Lipinski definition) is 6. The van der Waals surface area contributed by atoms with Crippen molar-refractivity contribution >= 4 is 18.3 Å². The molecule has 3 rings (SSSR count). The van der Waals surface area contributed by atoms with Crippen LogP contribution in [0.25, 0.3) is 0 Å². The number of nitrogens with one attached hydrogen (secondary N) is 1. The monoisotopic (exact) mass is 398 g/mol. The van der Waals surface area contributed by atoms with E-state index in [1.54, 1.807) is 24.4 Å². The molecule has 2 aliphatic rings. The number of aliphatic imine (C=N–C) groups is 1. The molecule has 0 fully saturated rings. The zero-order valence-corrected chi connectivity index (χ0v) is 16.1. The summed E-state index contributed by atoms with van der Waals surface area (Å²) < 4.78 is 15.5. The van der Waals surface area contributed by atoms with E-state index in [2.05, 4.69) is 10.3 Å². The van der Waals surface area contributed by atoms with E-state index in [4.69, 9.17) is 14.2 Å². The lowest BCUT2D eigenvalue weighted by Crippen LogP contribution is -2.41. The van der Waals surface area contributed by atoms with Crippen LogP contribution in [-0.4, -0.2) is 49.7 Å². The summed E-state index contributed by atoms with van der Waals surface area (Å²) in [5.41, 5.74) is 2.37. The fourth-order valence-corrected chi connectivity index (χ4v) is 3.08. The van der Waals surface area contributed by atoms with Gasteiger partial charge in [0.15, 0.2) is 0 Å². The van der Waals surface area contributed by atoms with Gasteiger partial charge in [-0.25, -0.2) is 9.59 Å². The summed E-state index contributed by atoms with van der Waals surface area (Å²) in [6, 6.07) is 3.89. The molecule has 1 heterocycles. The van der Waals surface area contributed by atoms with E-state index in [0.29, 0.717) is 17.1 Å². The summed E-state index contributed by atoms with van der Waals surface area (Å²) in [4.78, 5) is 28.1. The van der Waals surface area contributed by atoms with Gasteiger partial charge in [-0.2, -0.15) is 0 Å². The van der Waals surface area contributed by atoms with Gasteiger partial charge in [-0.15, -0.1) is 0 Å². The molecular weight excluding hydrogens is 376 g/mol. The van der Waals surface area contributed by atoms with Gasteiger partial charge in [0, 0.05) is 18.7 Å². The second-order valence-electron chi connectivity index (χ2n) is 6.48. The van der Waals surface area contributed by atoms with E-state index in [0.717, 1.165) is 11.1 Å². The topological polar surface area (TPSA) is 106 Å². The third-order valence-electron chi connectivity index (χ3n) is 4.56. The van der Waals surface area contributed by atoms with Crippen molar-refractivity contribution in [3.63, 3.8) is 0 Å². The number of alkyl carbamates (subject to hydrolysis) is 1. The van der Waals surface area contributed by atoms with Crippen LogP contribution < -0.4 is 14.8 Å². The van der Waals surface area contributed by atoms with Gasteiger partial charge in [0.05, 0.1) is 20.3 Å². The number of carboxylic acid groups (broad SMARTS) is 1. The Morgan fingerprint density at radius 2 is 1.90 bits per heavy atom. The number of allylic oxidation sites excluding steroid dienone is 2. The number of fused-ring (bicyclic) bond motifs is 1. The maximum atomic E-state index is 12.2. The highest BCUT2D eigenvalue weighted by Crippen LogP contribution is 2.26. The number of methoxy groups -OCH3 is 2. The summed E-state index contributed by atoms with van der Waals surface area (Å²) in [6.07, 6.45) is 8.55. The Morgan fingerprint density at radius 3 is 2.55 bits per heavy atom. The lowest BCUT2D eigenvalue weighted by molar-refractivity contribution is -0.139. The Labute approximate surface area is 168 Å². The van der Waals surface area contributed by atoms with Gasteiger partial charge < -0.3 is 24.6 Å². The predicted molar refractivity (Wildman–Crippen MR) is 106 cm³/mol. The Hall–Kier alpha value is -3.55. The molecule has 0 bridgehead atoms. The van der Waals surface area contributed by atoms with Crippen molar-refractivity contribution < 1.29 is 28.9 Å².